The first-order valence-electron chi connectivity index (χ1n) is 5.58. The molecule has 0 aromatic heterocycles. The van der Waals surface area contributed by atoms with Crippen molar-refractivity contribution in [2.45, 2.75) is 25.8 Å². The fourth-order valence-corrected chi connectivity index (χ4v) is 1.71. The van der Waals surface area contributed by atoms with Gasteiger partial charge in [0.25, 0.3) is 0 Å². The zero-order valence-electron chi connectivity index (χ0n) is 9.47. The molecule has 1 aliphatic rings. The van der Waals surface area contributed by atoms with Gasteiger partial charge < -0.3 is 10.6 Å². The lowest BCUT2D eigenvalue weighted by molar-refractivity contribution is 0.248. The van der Waals surface area contributed by atoms with Gasteiger partial charge in [-0.15, -0.1) is 0 Å². The smallest absolute Gasteiger partial charge is 0.319 e. The van der Waals surface area contributed by atoms with Gasteiger partial charge in [0.1, 0.15) is 11.6 Å². The zero-order valence-corrected chi connectivity index (χ0v) is 9.47. The predicted octanol–water partition coefficient (Wildman–Crippen LogP) is 2.88. The molecule has 1 atom stereocenters. The summed E-state index contributed by atoms with van der Waals surface area (Å²) in [7, 11) is 0. The first-order chi connectivity index (χ1) is 8.04. The van der Waals surface area contributed by atoms with E-state index in [0.29, 0.717) is 5.92 Å². The van der Waals surface area contributed by atoms with Crippen LogP contribution in [-0.2, 0) is 0 Å². The number of nitrogens with one attached hydrogen (secondary N) is 2. The van der Waals surface area contributed by atoms with Crippen LogP contribution in [0.4, 0.5) is 19.3 Å². The molecule has 5 heteroatoms. The zero-order chi connectivity index (χ0) is 12.4. The van der Waals surface area contributed by atoms with Gasteiger partial charge in [-0.05, 0) is 37.8 Å². The molecule has 17 heavy (non-hydrogen) atoms. The van der Waals surface area contributed by atoms with Gasteiger partial charge in [-0.25, -0.2) is 13.6 Å². The number of carbonyl (C=O) groups is 1. The molecule has 1 saturated carbocycles. The maximum atomic E-state index is 12.9. The molecule has 1 aromatic rings. The fourth-order valence-electron chi connectivity index (χ4n) is 1.71. The summed E-state index contributed by atoms with van der Waals surface area (Å²) in [5.41, 5.74) is 0.114. The van der Waals surface area contributed by atoms with Crippen LogP contribution in [0.3, 0.4) is 0 Å². The summed E-state index contributed by atoms with van der Waals surface area (Å²) >= 11 is 0. The van der Waals surface area contributed by atoms with E-state index in [9.17, 15) is 13.6 Å². The monoisotopic (exact) mass is 240 g/mol. The number of rotatable bonds is 3. The highest BCUT2D eigenvalue weighted by Gasteiger charge is 2.28. The molecule has 0 heterocycles. The van der Waals surface area contributed by atoms with Crippen LogP contribution in [0.15, 0.2) is 18.2 Å². The Bertz CT molecular complexity index is 412. The van der Waals surface area contributed by atoms with E-state index in [1.165, 1.54) is 0 Å². The summed E-state index contributed by atoms with van der Waals surface area (Å²) in [5, 5.41) is 5.14. The van der Waals surface area contributed by atoms with E-state index < -0.39 is 17.7 Å². The standard InChI is InChI=1S/C12H14F2N2O/c1-7(8-2-3-8)15-12(17)16-11-5-9(13)4-10(14)6-11/h4-8H,2-3H2,1H3,(H2,15,16,17). The number of hydrogen-bond donors (Lipinski definition) is 2. The summed E-state index contributed by atoms with van der Waals surface area (Å²) in [6.45, 7) is 1.92. The third-order valence-electron chi connectivity index (χ3n) is 2.81. The Hall–Kier alpha value is -1.65. The van der Waals surface area contributed by atoms with Gasteiger partial charge in [0.15, 0.2) is 0 Å². The van der Waals surface area contributed by atoms with E-state index in [4.69, 9.17) is 0 Å². The van der Waals surface area contributed by atoms with Gasteiger partial charge in [0.05, 0.1) is 0 Å². The van der Waals surface area contributed by atoms with Crippen molar-refractivity contribution in [2.24, 2.45) is 5.92 Å². The molecule has 2 N–H and O–H groups in total. The minimum Gasteiger partial charge on any atom is -0.335 e. The van der Waals surface area contributed by atoms with Crippen molar-refractivity contribution in [3.63, 3.8) is 0 Å². The molecule has 0 saturated heterocycles. The average molecular weight is 240 g/mol. The highest BCUT2D eigenvalue weighted by atomic mass is 19.1. The fraction of sp³-hybridized carbons (Fsp3) is 0.417. The van der Waals surface area contributed by atoms with Crippen LogP contribution >= 0.6 is 0 Å². The van der Waals surface area contributed by atoms with E-state index in [-0.39, 0.29) is 11.7 Å². The normalized spacial score (nSPS) is 16.4. The van der Waals surface area contributed by atoms with Gasteiger partial charge in [-0.2, -0.15) is 0 Å². The second kappa shape index (κ2) is 4.69. The molecule has 0 bridgehead atoms. The number of anilines is 1. The second-order valence-electron chi connectivity index (χ2n) is 4.38. The molecule has 3 nitrogen and oxygen atoms in total. The summed E-state index contributed by atoms with van der Waals surface area (Å²) in [6, 6.07) is 2.56. The number of benzene rings is 1. The minimum atomic E-state index is -0.712. The van der Waals surface area contributed by atoms with E-state index in [2.05, 4.69) is 10.6 Å². The van der Waals surface area contributed by atoms with Crippen molar-refractivity contribution >= 4 is 11.7 Å². The van der Waals surface area contributed by atoms with Crippen LogP contribution in [0.25, 0.3) is 0 Å². The number of carbonyl (C=O) groups excluding carboxylic acids is 1. The Morgan fingerprint density at radius 2 is 1.88 bits per heavy atom. The lowest BCUT2D eigenvalue weighted by Crippen LogP contribution is -2.37. The lowest BCUT2D eigenvalue weighted by Gasteiger charge is -2.13. The van der Waals surface area contributed by atoms with Gasteiger partial charge in [-0.3, -0.25) is 0 Å². The van der Waals surface area contributed by atoms with Crippen molar-refractivity contribution in [3.8, 4) is 0 Å². The maximum absolute atomic E-state index is 12.9. The van der Waals surface area contributed by atoms with Crippen LogP contribution in [0.2, 0.25) is 0 Å². The molecule has 1 unspecified atom stereocenters. The van der Waals surface area contributed by atoms with Crippen LogP contribution in [0.1, 0.15) is 19.8 Å². The number of urea groups is 1. The molecule has 0 spiro atoms. The Morgan fingerprint density at radius 1 is 1.29 bits per heavy atom. The molecule has 1 fully saturated rings. The summed E-state index contributed by atoms with van der Waals surface area (Å²) in [6.07, 6.45) is 2.24. The van der Waals surface area contributed by atoms with Crippen LogP contribution in [-0.4, -0.2) is 12.1 Å². The summed E-state index contributed by atoms with van der Waals surface area (Å²) in [4.78, 5) is 11.5. The molecule has 2 rings (SSSR count). The first-order valence-corrected chi connectivity index (χ1v) is 5.58. The Morgan fingerprint density at radius 3 is 2.41 bits per heavy atom. The van der Waals surface area contributed by atoms with Gasteiger partial charge >= 0.3 is 6.03 Å². The summed E-state index contributed by atoms with van der Waals surface area (Å²) < 4.78 is 25.7. The number of halogens is 2. The van der Waals surface area contributed by atoms with Crippen molar-refractivity contribution in [1.82, 2.24) is 5.32 Å². The van der Waals surface area contributed by atoms with Crippen LogP contribution in [0.5, 0.6) is 0 Å². The van der Waals surface area contributed by atoms with Gasteiger partial charge in [0.2, 0.25) is 0 Å². The third-order valence-corrected chi connectivity index (χ3v) is 2.81. The Balaban J connectivity index is 1.92. The molecule has 2 amide bonds. The second-order valence-corrected chi connectivity index (χ2v) is 4.38. The van der Waals surface area contributed by atoms with E-state index >= 15 is 0 Å². The SMILES string of the molecule is CC(NC(=O)Nc1cc(F)cc(F)c1)C1CC1. The average Bonchev–Trinajstić information content (AvgIpc) is 2.97. The van der Waals surface area contributed by atoms with E-state index in [1.807, 2.05) is 6.92 Å². The van der Waals surface area contributed by atoms with Crippen molar-refractivity contribution in [2.75, 3.05) is 5.32 Å². The number of hydrogen-bond acceptors (Lipinski definition) is 1. The van der Waals surface area contributed by atoms with Gasteiger partial charge in [0, 0.05) is 17.8 Å². The van der Waals surface area contributed by atoms with Crippen LogP contribution in [0, 0.1) is 17.6 Å². The molecule has 1 aliphatic carbocycles. The molecule has 92 valence electrons. The largest absolute Gasteiger partial charge is 0.335 e. The quantitative estimate of drug-likeness (QED) is 0.838. The van der Waals surface area contributed by atoms with Crippen molar-refractivity contribution in [1.29, 1.82) is 0 Å². The van der Waals surface area contributed by atoms with Crippen molar-refractivity contribution < 1.29 is 13.6 Å². The maximum Gasteiger partial charge on any atom is 0.319 e. The Kier molecular flexibility index (Phi) is 3.26. The molecular weight excluding hydrogens is 226 g/mol. The van der Waals surface area contributed by atoms with Crippen molar-refractivity contribution in [3.05, 3.63) is 29.8 Å². The first kappa shape index (κ1) is 11.8. The van der Waals surface area contributed by atoms with E-state index in [1.54, 1.807) is 0 Å². The topological polar surface area (TPSA) is 41.1 Å². The molecule has 0 aliphatic heterocycles. The predicted molar refractivity (Wildman–Crippen MR) is 60.7 cm³/mol. The molecule has 1 aromatic carbocycles. The minimum absolute atomic E-state index is 0.0911. The van der Waals surface area contributed by atoms with Crippen LogP contribution < -0.4 is 10.6 Å². The summed E-state index contributed by atoms with van der Waals surface area (Å²) in [5.74, 6) is -0.893. The third kappa shape index (κ3) is 3.41. The molecular formula is C12H14F2N2O. The van der Waals surface area contributed by atoms with E-state index in [0.717, 1.165) is 31.0 Å². The molecule has 0 radical (unpaired) electrons. The highest BCUT2D eigenvalue weighted by molar-refractivity contribution is 5.89. The number of amides is 2. The Labute approximate surface area is 98.2 Å². The lowest BCUT2D eigenvalue weighted by atomic mass is 10.2. The highest BCUT2D eigenvalue weighted by Crippen LogP contribution is 2.32. The van der Waals surface area contributed by atoms with Gasteiger partial charge in [-0.1, -0.05) is 0 Å².